The third-order valence-electron chi connectivity index (χ3n) is 6.07. The zero-order chi connectivity index (χ0) is 22.5. The lowest BCUT2D eigenvalue weighted by Gasteiger charge is -2.17. The van der Waals surface area contributed by atoms with Crippen molar-refractivity contribution in [3.8, 4) is 22.6 Å². The van der Waals surface area contributed by atoms with E-state index in [1.165, 1.54) is 6.07 Å². The van der Waals surface area contributed by atoms with Crippen LogP contribution in [0.3, 0.4) is 0 Å². The van der Waals surface area contributed by atoms with E-state index in [0.717, 1.165) is 35.1 Å². The molecule has 0 spiro atoms. The molecule has 5 rings (SSSR count). The Morgan fingerprint density at radius 2 is 1.81 bits per heavy atom. The predicted octanol–water partition coefficient (Wildman–Crippen LogP) is 3.95. The quantitative estimate of drug-likeness (QED) is 0.609. The molecule has 166 valence electrons. The lowest BCUT2D eigenvalue weighted by Crippen LogP contribution is -2.27. The number of primary sulfonamides is 1. The van der Waals surface area contributed by atoms with Crippen LogP contribution in [0, 0.1) is 6.92 Å². The Kier molecular flexibility index (Phi) is 4.72. The molecule has 3 aromatic rings. The number of amides is 1. The molecular weight excluding hydrogens is 428 g/mol. The molecule has 0 bridgehead atoms. The smallest absolute Gasteiger partial charge is 0.238 e. The molecule has 3 aromatic carbocycles. The number of hydrogen-bond donors (Lipinski definition) is 2. The SMILES string of the molecule is Cc1cc(NC(=O)C2(c3ccc4c(c3)OCO4)CC2)ccc1-c1cccc(S(N)(=O)=O)c1.[HH]. The summed E-state index contributed by atoms with van der Waals surface area (Å²) in [7, 11) is -3.78. The van der Waals surface area contributed by atoms with Crippen molar-refractivity contribution in [1.29, 1.82) is 0 Å². The second kappa shape index (κ2) is 7.36. The molecule has 2 aliphatic rings. The van der Waals surface area contributed by atoms with E-state index in [0.29, 0.717) is 17.2 Å². The molecule has 7 nitrogen and oxygen atoms in total. The average Bonchev–Trinajstić information content (AvgIpc) is 3.44. The van der Waals surface area contributed by atoms with Crippen molar-refractivity contribution in [2.24, 2.45) is 5.14 Å². The van der Waals surface area contributed by atoms with Crippen molar-refractivity contribution in [3.63, 3.8) is 0 Å². The Morgan fingerprint density at radius 3 is 2.53 bits per heavy atom. The van der Waals surface area contributed by atoms with Crippen LogP contribution in [-0.4, -0.2) is 21.1 Å². The van der Waals surface area contributed by atoms with Crippen LogP contribution in [-0.2, 0) is 20.2 Å². The largest absolute Gasteiger partial charge is 0.454 e. The van der Waals surface area contributed by atoms with Crippen LogP contribution in [0.5, 0.6) is 11.5 Å². The predicted molar refractivity (Wildman–Crippen MR) is 122 cm³/mol. The highest BCUT2D eigenvalue weighted by Gasteiger charge is 2.51. The summed E-state index contributed by atoms with van der Waals surface area (Å²) in [6, 6.07) is 17.7. The summed E-state index contributed by atoms with van der Waals surface area (Å²) in [6.07, 6.45) is 1.55. The van der Waals surface area contributed by atoms with E-state index in [-0.39, 0.29) is 19.0 Å². The van der Waals surface area contributed by atoms with E-state index in [1.807, 2.05) is 49.4 Å². The number of hydrogen-bond acceptors (Lipinski definition) is 5. The summed E-state index contributed by atoms with van der Waals surface area (Å²) >= 11 is 0. The minimum absolute atomic E-state index is 0. The molecule has 8 heteroatoms. The standard InChI is InChI=1S/C24H22N2O5S.H2/c1-15-11-18(6-7-20(15)16-3-2-4-19(12-16)32(25,28)29)26-23(27)24(9-10-24)17-5-8-21-22(13-17)31-14-30-21;/h2-8,11-13H,9-10,14H2,1H3,(H,26,27)(H2,25,28,29);1H. The summed E-state index contributed by atoms with van der Waals surface area (Å²) < 4.78 is 34.2. The monoisotopic (exact) mass is 452 g/mol. The van der Waals surface area contributed by atoms with Gasteiger partial charge in [0.25, 0.3) is 0 Å². The molecule has 1 aliphatic heterocycles. The maximum atomic E-state index is 13.2. The summed E-state index contributed by atoms with van der Waals surface area (Å²) in [5.74, 6) is 1.31. The second-order valence-electron chi connectivity index (χ2n) is 8.21. The molecular formula is C24H24N2O5S. The fraction of sp³-hybridized carbons (Fsp3) is 0.208. The van der Waals surface area contributed by atoms with Crippen molar-refractivity contribution in [2.75, 3.05) is 12.1 Å². The van der Waals surface area contributed by atoms with Crippen LogP contribution in [0.15, 0.2) is 65.6 Å². The highest BCUT2D eigenvalue weighted by atomic mass is 32.2. The van der Waals surface area contributed by atoms with Crippen molar-refractivity contribution in [2.45, 2.75) is 30.1 Å². The number of benzene rings is 3. The van der Waals surface area contributed by atoms with Crippen LogP contribution >= 0.6 is 0 Å². The van der Waals surface area contributed by atoms with E-state index in [9.17, 15) is 13.2 Å². The summed E-state index contributed by atoms with van der Waals surface area (Å²) in [6.45, 7) is 2.11. The van der Waals surface area contributed by atoms with Gasteiger partial charge in [0.2, 0.25) is 22.7 Å². The molecule has 1 heterocycles. The average molecular weight is 453 g/mol. The zero-order valence-electron chi connectivity index (χ0n) is 17.4. The molecule has 0 aromatic heterocycles. The first-order valence-corrected chi connectivity index (χ1v) is 11.8. The number of ether oxygens (including phenoxy) is 2. The lowest BCUT2D eigenvalue weighted by molar-refractivity contribution is -0.118. The van der Waals surface area contributed by atoms with E-state index in [2.05, 4.69) is 5.32 Å². The second-order valence-corrected chi connectivity index (χ2v) is 9.77. The minimum Gasteiger partial charge on any atom is -0.454 e. The van der Waals surface area contributed by atoms with E-state index >= 15 is 0 Å². The van der Waals surface area contributed by atoms with Gasteiger partial charge in [0, 0.05) is 7.11 Å². The number of carbonyl (C=O) groups excluding carboxylic acids is 1. The van der Waals surface area contributed by atoms with Crippen molar-refractivity contribution < 1.29 is 24.1 Å². The molecule has 0 atom stereocenters. The van der Waals surface area contributed by atoms with Crippen LogP contribution in [0.2, 0.25) is 0 Å². The lowest BCUT2D eigenvalue weighted by atomic mass is 9.94. The van der Waals surface area contributed by atoms with Gasteiger partial charge >= 0.3 is 0 Å². The summed E-state index contributed by atoms with van der Waals surface area (Å²) in [4.78, 5) is 13.2. The number of nitrogens with one attached hydrogen (secondary N) is 1. The number of anilines is 1. The van der Waals surface area contributed by atoms with Crippen molar-refractivity contribution in [3.05, 3.63) is 71.8 Å². The van der Waals surface area contributed by atoms with Crippen LogP contribution in [0.25, 0.3) is 11.1 Å². The maximum Gasteiger partial charge on any atom is 0.238 e. The molecule has 0 radical (unpaired) electrons. The Balaban J connectivity index is 0.00000259. The molecule has 1 aliphatic carbocycles. The third-order valence-corrected chi connectivity index (χ3v) is 6.98. The van der Waals surface area contributed by atoms with Crippen LogP contribution in [0.1, 0.15) is 25.4 Å². The van der Waals surface area contributed by atoms with Gasteiger partial charge in [0.15, 0.2) is 11.5 Å². The van der Waals surface area contributed by atoms with E-state index in [1.54, 1.807) is 12.1 Å². The topological polar surface area (TPSA) is 108 Å². The maximum absolute atomic E-state index is 13.2. The first-order valence-electron chi connectivity index (χ1n) is 10.2. The molecule has 1 amide bonds. The molecule has 3 N–H and O–H groups in total. The normalized spacial score (nSPS) is 15.9. The molecule has 32 heavy (non-hydrogen) atoms. The van der Waals surface area contributed by atoms with E-state index in [4.69, 9.17) is 14.6 Å². The van der Waals surface area contributed by atoms with Gasteiger partial charge in [-0.3, -0.25) is 4.79 Å². The first kappa shape index (κ1) is 20.5. The molecule has 0 unspecified atom stereocenters. The van der Waals surface area contributed by atoms with Crippen LogP contribution in [0.4, 0.5) is 5.69 Å². The van der Waals surface area contributed by atoms with Crippen molar-refractivity contribution in [1.82, 2.24) is 0 Å². The minimum atomic E-state index is -3.78. The third kappa shape index (κ3) is 3.61. The highest BCUT2D eigenvalue weighted by molar-refractivity contribution is 7.89. The number of sulfonamides is 1. The van der Waals surface area contributed by atoms with Gasteiger partial charge in [0.05, 0.1) is 10.3 Å². The molecule has 1 saturated carbocycles. The van der Waals surface area contributed by atoms with Gasteiger partial charge in [0.1, 0.15) is 0 Å². The first-order chi connectivity index (χ1) is 15.3. The Hall–Kier alpha value is -3.36. The van der Waals surface area contributed by atoms with Gasteiger partial charge < -0.3 is 14.8 Å². The van der Waals surface area contributed by atoms with Gasteiger partial charge in [-0.1, -0.05) is 24.3 Å². The fourth-order valence-electron chi connectivity index (χ4n) is 4.12. The van der Waals surface area contributed by atoms with Crippen molar-refractivity contribution >= 4 is 21.6 Å². The highest BCUT2D eigenvalue weighted by Crippen LogP contribution is 2.51. The number of aryl methyl sites for hydroxylation is 1. The zero-order valence-corrected chi connectivity index (χ0v) is 18.2. The number of carbonyl (C=O) groups is 1. The van der Waals surface area contributed by atoms with Crippen LogP contribution < -0.4 is 19.9 Å². The number of rotatable bonds is 5. The number of nitrogens with two attached hydrogens (primary N) is 1. The van der Waals surface area contributed by atoms with E-state index < -0.39 is 15.4 Å². The summed E-state index contributed by atoms with van der Waals surface area (Å²) in [5, 5.41) is 8.29. The fourth-order valence-corrected chi connectivity index (χ4v) is 4.68. The van der Waals surface area contributed by atoms with Gasteiger partial charge in [-0.15, -0.1) is 0 Å². The molecule has 1 fully saturated rings. The Morgan fingerprint density at radius 1 is 1.03 bits per heavy atom. The Bertz CT molecular complexity index is 1350. The Labute approximate surface area is 187 Å². The summed E-state index contributed by atoms with van der Waals surface area (Å²) in [5.41, 5.74) is 3.56. The molecule has 0 saturated heterocycles. The number of fused-ring (bicyclic) bond motifs is 1. The van der Waals surface area contributed by atoms with Gasteiger partial charge in [-0.2, -0.15) is 0 Å². The van der Waals surface area contributed by atoms with Gasteiger partial charge in [-0.25, -0.2) is 13.6 Å². The van der Waals surface area contributed by atoms with Gasteiger partial charge in [-0.05, 0) is 78.4 Å².